The fourth-order valence-electron chi connectivity index (χ4n) is 3.08. The summed E-state index contributed by atoms with van der Waals surface area (Å²) >= 11 is 6.11. The Labute approximate surface area is 158 Å². The van der Waals surface area contributed by atoms with Crippen LogP contribution in [0.3, 0.4) is 0 Å². The number of carbonyl (C=O) groups is 1. The molecule has 1 heterocycles. The molecular formula is C20H23ClFN3O. The van der Waals surface area contributed by atoms with E-state index in [0.717, 1.165) is 30.8 Å². The molecule has 1 saturated heterocycles. The number of nitrogens with zero attached hydrogens (tertiary/aromatic N) is 2. The lowest BCUT2D eigenvalue weighted by Crippen LogP contribution is -2.51. The Kier molecular flexibility index (Phi) is 6.47. The first-order chi connectivity index (χ1) is 12.6. The first kappa shape index (κ1) is 18.7. The summed E-state index contributed by atoms with van der Waals surface area (Å²) in [5, 5.41) is 3.58. The fourth-order valence-corrected chi connectivity index (χ4v) is 3.28. The van der Waals surface area contributed by atoms with Crippen molar-refractivity contribution < 1.29 is 9.18 Å². The average molecular weight is 376 g/mol. The van der Waals surface area contributed by atoms with Gasteiger partial charge in [0.2, 0.25) is 0 Å². The second kappa shape index (κ2) is 9.01. The molecule has 0 atom stereocenters. The quantitative estimate of drug-likeness (QED) is 0.867. The molecule has 6 heteroatoms. The highest BCUT2D eigenvalue weighted by Gasteiger charge is 2.21. The molecular weight excluding hydrogens is 353 g/mol. The molecule has 2 aromatic rings. The predicted octanol–water partition coefficient (Wildman–Crippen LogP) is 3.55. The normalized spacial score (nSPS) is 15.1. The molecule has 3 rings (SSSR count). The minimum absolute atomic E-state index is 0.0707. The van der Waals surface area contributed by atoms with Crippen LogP contribution in [0.25, 0.3) is 0 Å². The molecule has 2 amide bonds. The molecule has 0 spiro atoms. The third-order valence-electron chi connectivity index (χ3n) is 4.70. The maximum Gasteiger partial charge on any atom is 0.317 e. The minimum atomic E-state index is -0.148. The van der Waals surface area contributed by atoms with E-state index >= 15 is 0 Å². The zero-order valence-corrected chi connectivity index (χ0v) is 15.4. The number of halogens is 2. The van der Waals surface area contributed by atoms with Crippen LogP contribution >= 0.6 is 11.6 Å². The molecule has 26 heavy (non-hydrogen) atoms. The van der Waals surface area contributed by atoms with Crippen LogP contribution in [0.4, 0.5) is 9.18 Å². The second-order valence-corrected chi connectivity index (χ2v) is 6.83. The van der Waals surface area contributed by atoms with Gasteiger partial charge in [0, 0.05) is 44.3 Å². The van der Waals surface area contributed by atoms with Gasteiger partial charge >= 0.3 is 6.03 Å². The fraction of sp³-hybridized carbons (Fsp3) is 0.350. The first-order valence-electron chi connectivity index (χ1n) is 8.85. The Morgan fingerprint density at radius 3 is 2.35 bits per heavy atom. The van der Waals surface area contributed by atoms with Crippen molar-refractivity contribution in [3.8, 4) is 0 Å². The summed E-state index contributed by atoms with van der Waals surface area (Å²) in [5.74, 6) is -0.148. The molecule has 0 radical (unpaired) electrons. The number of nitrogens with one attached hydrogen (secondary N) is 1. The summed E-state index contributed by atoms with van der Waals surface area (Å²) in [6, 6.07) is 14.3. The topological polar surface area (TPSA) is 35.6 Å². The van der Waals surface area contributed by atoms with Crippen LogP contribution in [0.1, 0.15) is 11.1 Å². The maximum absolute atomic E-state index is 13.7. The number of hydrogen-bond donors (Lipinski definition) is 1. The Morgan fingerprint density at radius 1 is 1.00 bits per heavy atom. The zero-order chi connectivity index (χ0) is 18.4. The molecule has 1 N–H and O–H groups in total. The van der Waals surface area contributed by atoms with Gasteiger partial charge in [-0.3, -0.25) is 4.90 Å². The summed E-state index contributed by atoms with van der Waals surface area (Å²) in [6.45, 7) is 4.17. The van der Waals surface area contributed by atoms with Crippen LogP contribution in [0.15, 0.2) is 48.5 Å². The van der Waals surface area contributed by atoms with Gasteiger partial charge in [-0.25, -0.2) is 9.18 Å². The van der Waals surface area contributed by atoms with E-state index in [2.05, 4.69) is 10.2 Å². The average Bonchev–Trinajstić information content (AvgIpc) is 2.67. The Balaban J connectivity index is 1.41. The van der Waals surface area contributed by atoms with Crippen LogP contribution in [0, 0.1) is 5.82 Å². The number of urea groups is 1. The van der Waals surface area contributed by atoms with Gasteiger partial charge in [0.05, 0.1) is 0 Å². The molecule has 1 aliphatic rings. The number of piperazine rings is 1. The van der Waals surface area contributed by atoms with Crippen LogP contribution < -0.4 is 5.32 Å². The molecule has 1 aliphatic heterocycles. The summed E-state index contributed by atoms with van der Waals surface area (Å²) in [7, 11) is 0. The lowest BCUT2D eigenvalue weighted by Gasteiger charge is -2.34. The van der Waals surface area contributed by atoms with Crippen molar-refractivity contribution in [2.24, 2.45) is 0 Å². The van der Waals surface area contributed by atoms with Crippen molar-refractivity contribution in [2.45, 2.75) is 13.0 Å². The summed E-state index contributed by atoms with van der Waals surface area (Å²) in [6.07, 6.45) is 0.686. The van der Waals surface area contributed by atoms with Crippen LogP contribution in [0.5, 0.6) is 0 Å². The monoisotopic (exact) mass is 375 g/mol. The number of hydrogen-bond acceptors (Lipinski definition) is 2. The minimum Gasteiger partial charge on any atom is -0.334 e. The SMILES string of the molecule is O=C(NCc1ccccc1Cl)N1CCN(CCc2ccccc2F)CC1. The standard InChI is InChI=1S/C20H23ClFN3O/c21-18-7-3-1-6-17(18)15-23-20(26)25-13-11-24(12-14-25)10-9-16-5-2-4-8-19(16)22/h1-8H,9-15H2,(H,23,26). The Hall–Kier alpha value is -2.11. The molecule has 0 aromatic heterocycles. The van der Waals surface area contributed by atoms with Crippen molar-refractivity contribution in [1.82, 2.24) is 15.1 Å². The Bertz CT molecular complexity index is 747. The predicted molar refractivity (Wildman–Crippen MR) is 102 cm³/mol. The van der Waals surface area contributed by atoms with Crippen molar-refractivity contribution in [1.29, 1.82) is 0 Å². The van der Waals surface area contributed by atoms with E-state index in [9.17, 15) is 9.18 Å². The molecule has 0 unspecified atom stereocenters. The lowest BCUT2D eigenvalue weighted by molar-refractivity contribution is 0.139. The summed E-state index contributed by atoms with van der Waals surface area (Å²) < 4.78 is 13.7. The van der Waals surface area contributed by atoms with Gasteiger partial charge in [-0.1, -0.05) is 48.0 Å². The van der Waals surface area contributed by atoms with Gasteiger partial charge in [0.1, 0.15) is 5.82 Å². The van der Waals surface area contributed by atoms with E-state index in [0.29, 0.717) is 31.1 Å². The first-order valence-corrected chi connectivity index (χ1v) is 9.23. The van der Waals surface area contributed by atoms with Crippen molar-refractivity contribution in [3.05, 3.63) is 70.5 Å². The van der Waals surface area contributed by atoms with Gasteiger partial charge < -0.3 is 10.2 Å². The number of carbonyl (C=O) groups excluding carboxylic acids is 1. The number of amides is 2. The van der Waals surface area contributed by atoms with E-state index in [4.69, 9.17) is 11.6 Å². The maximum atomic E-state index is 13.7. The molecule has 1 fully saturated rings. The second-order valence-electron chi connectivity index (χ2n) is 6.42. The van der Waals surface area contributed by atoms with Crippen LogP contribution in [-0.2, 0) is 13.0 Å². The van der Waals surface area contributed by atoms with E-state index in [1.807, 2.05) is 41.3 Å². The van der Waals surface area contributed by atoms with Crippen LogP contribution in [0.2, 0.25) is 5.02 Å². The van der Waals surface area contributed by atoms with Gasteiger partial charge in [-0.05, 0) is 29.7 Å². The molecule has 138 valence electrons. The number of benzene rings is 2. The summed E-state index contributed by atoms with van der Waals surface area (Å²) in [5.41, 5.74) is 1.65. The molecule has 0 bridgehead atoms. The van der Waals surface area contributed by atoms with Crippen molar-refractivity contribution >= 4 is 17.6 Å². The van der Waals surface area contributed by atoms with E-state index in [1.54, 1.807) is 6.07 Å². The number of rotatable bonds is 5. The van der Waals surface area contributed by atoms with E-state index in [-0.39, 0.29) is 11.8 Å². The van der Waals surface area contributed by atoms with Crippen molar-refractivity contribution in [2.75, 3.05) is 32.7 Å². The molecule has 4 nitrogen and oxygen atoms in total. The third kappa shape index (κ3) is 4.96. The highest BCUT2D eigenvalue weighted by Crippen LogP contribution is 2.14. The summed E-state index contributed by atoms with van der Waals surface area (Å²) in [4.78, 5) is 16.4. The van der Waals surface area contributed by atoms with Crippen LogP contribution in [-0.4, -0.2) is 48.6 Å². The largest absolute Gasteiger partial charge is 0.334 e. The smallest absolute Gasteiger partial charge is 0.317 e. The van der Waals surface area contributed by atoms with Crippen molar-refractivity contribution in [3.63, 3.8) is 0 Å². The lowest BCUT2D eigenvalue weighted by atomic mass is 10.1. The zero-order valence-electron chi connectivity index (χ0n) is 14.6. The third-order valence-corrected chi connectivity index (χ3v) is 5.07. The van der Waals surface area contributed by atoms with E-state index in [1.165, 1.54) is 6.07 Å². The highest BCUT2D eigenvalue weighted by molar-refractivity contribution is 6.31. The van der Waals surface area contributed by atoms with Gasteiger partial charge in [0.15, 0.2) is 0 Å². The highest BCUT2D eigenvalue weighted by atomic mass is 35.5. The Morgan fingerprint density at radius 2 is 1.65 bits per heavy atom. The van der Waals surface area contributed by atoms with Gasteiger partial charge in [0.25, 0.3) is 0 Å². The van der Waals surface area contributed by atoms with Gasteiger partial charge in [-0.15, -0.1) is 0 Å². The molecule has 0 saturated carbocycles. The molecule has 0 aliphatic carbocycles. The molecule has 2 aromatic carbocycles. The van der Waals surface area contributed by atoms with E-state index < -0.39 is 0 Å². The van der Waals surface area contributed by atoms with Gasteiger partial charge in [-0.2, -0.15) is 0 Å².